The van der Waals surface area contributed by atoms with E-state index in [1.165, 1.54) is 4.90 Å². The summed E-state index contributed by atoms with van der Waals surface area (Å²) >= 11 is 5.80. The second kappa shape index (κ2) is 8.91. The maximum Gasteiger partial charge on any atom is 0.490 e. The number of rotatable bonds is 3. The minimum absolute atomic E-state index is 0.250. The molecule has 1 aromatic rings. The molecule has 0 spiro atoms. The van der Waals surface area contributed by atoms with E-state index in [2.05, 4.69) is 0 Å². The quantitative estimate of drug-likeness (QED) is 0.736. The highest BCUT2D eigenvalue weighted by Gasteiger charge is 2.38. The van der Waals surface area contributed by atoms with Gasteiger partial charge in [-0.05, 0) is 38.5 Å². The Hall–Kier alpha value is -2.00. The van der Waals surface area contributed by atoms with Crippen molar-refractivity contribution in [2.45, 2.75) is 38.5 Å². The Bertz CT molecular complexity index is 586. The molecule has 0 saturated carbocycles. The number of halogens is 4. The number of nitrogens with zero attached hydrogens (tertiary/aromatic N) is 1. The van der Waals surface area contributed by atoms with Gasteiger partial charge in [0.15, 0.2) is 0 Å². The number of hydrogen-bond acceptors (Lipinski definition) is 3. The van der Waals surface area contributed by atoms with E-state index in [4.69, 9.17) is 27.2 Å². The highest BCUT2D eigenvalue weighted by molar-refractivity contribution is 6.30. The largest absolute Gasteiger partial charge is 0.490 e. The average molecular weight is 385 g/mol. The van der Waals surface area contributed by atoms with Gasteiger partial charge in [0.1, 0.15) is 0 Å². The summed E-state index contributed by atoms with van der Waals surface area (Å²) in [4.78, 5) is 21.5. The van der Waals surface area contributed by atoms with Crippen LogP contribution in [0.15, 0.2) is 24.3 Å². The lowest BCUT2D eigenvalue weighted by Gasteiger charge is -2.35. The fourth-order valence-corrected chi connectivity index (χ4v) is 1.78. The first-order chi connectivity index (χ1) is 11.2. The molecule has 25 heavy (non-hydrogen) atoms. The molecule has 0 saturated heterocycles. The highest BCUT2D eigenvalue weighted by atomic mass is 35.5. The van der Waals surface area contributed by atoms with E-state index in [-0.39, 0.29) is 12.6 Å². The topological polar surface area (TPSA) is 104 Å². The summed E-state index contributed by atoms with van der Waals surface area (Å²) < 4.78 is 31.7. The van der Waals surface area contributed by atoms with Crippen LogP contribution in [0.1, 0.15) is 32.4 Å². The number of aliphatic carboxylic acids is 1. The summed E-state index contributed by atoms with van der Waals surface area (Å²) in [6.07, 6.45) is -6.05. The Morgan fingerprint density at radius 3 is 1.84 bits per heavy atom. The fourth-order valence-electron chi connectivity index (χ4n) is 1.65. The standard InChI is InChI=1S/C13H19ClN2O2.C2HF3O2/c1-13(2,3)16(12(17)18)8-11(15)9-4-6-10(14)7-5-9;3-2(4,5)1(6)7/h4-7,11H,8,15H2,1-3H3,(H,17,18);(H,6,7). The van der Waals surface area contributed by atoms with Crippen LogP contribution in [-0.4, -0.2) is 45.4 Å². The lowest BCUT2D eigenvalue weighted by Crippen LogP contribution is -2.48. The van der Waals surface area contributed by atoms with E-state index in [9.17, 15) is 23.1 Å². The van der Waals surface area contributed by atoms with Crippen molar-refractivity contribution in [3.8, 4) is 0 Å². The number of benzene rings is 1. The van der Waals surface area contributed by atoms with Crippen LogP contribution < -0.4 is 5.73 Å². The average Bonchev–Trinajstić information content (AvgIpc) is 2.43. The zero-order chi connectivity index (χ0) is 20.0. The zero-order valence-corrected chi connectivity index (χ0v) is 14.6. The van der Waals surface area contributed by atoms with Gasteiger partial charge in [-0.2, -0.15) is 13.2 Å². The van der Waals surface area contributed by atoms with E-state index in [0.29, 0.717) is 5.02 Å². The van der Waals surface area contributed by atoms with Gasteiger partial charge in [0.2, 0.25) is 0 Å². The van der Waals surface area contributed by atoms with Crippen LogP contribution in [0.25, 0.3) is 0 Å². The number of carboxylic acids is 1. The molecule has 0 fully saturated rings. The van der Waals surface area contributed by atoms with Crippen LogP contribution in [0.2, 0.25) is 5.02 Å². The molecule has 0 radical (unpaired) electrons. The molecule has 4 N–H and O–H groups in total. The Morgan fingerprint density at radius 1 is 1.16 bits per heavy atom. The van der Waals surface area contributed by atoms with Crippen molar-refractivity contribution in [1.29, 1.82) is 0 Å². The van der Waals surface area contributed by atoms with Gasteiger partial charge in [0.05, 0.1) is 0 Å². The SMILES string of the molecule is CC(C)(C)N(CC(N)c1ccc(Cl)cc1)C(=O)O.O=C(O)C(F)(F)F. The Labute approximate surface area is 148 Å². The normalized spacial score (nSPS) is 12.6. The van der Waals surface area contributed by atoms with Crippen molar-refractivity contribution in [3.63, 3.8) is 0 Å². The molecule has 1 aromatic carbocycles. The van der Waals surface area contributed by atoms with Crippen LogP contribution >= 0.6 is 11.6 Å². The summed E-state index contributed by atoms with van der Waals surface area (Å²) in [6, 6.07) is 6.76. The number of carboxylic acid groups (broad SMARTS) is 2. The zero-order valence-electron chi connectivity index (χ0n) is 13.8. The number of carbonyl (C=O) groups is 2. The minimum Gasteiger partial charge on any atom is -0.475 e. The Balaban J connectivity index is 0.000000697. The van der Waals surface area contributed by atoms with Gasteiger partial charge >= 0.3 is 18.2 Å². The van der Waals surface area contributed by atoms with Crippen molar-refractivity contribution in [2.24, 2.45) is 5.73 Å². The summed E-state index contributed by atoms with van der Waals surface area (Å²) in [5.74, 6) is -2.76. The van der Waals surface area contributed by atoms with E-state index in [1.807, 2.05) is 32.9 Å². The van der Waals surface area contributed by atoms with Gasteiger partial charge < -0.3 is 20.8 Å². The first-order valence-corrected chi connectivity index (χ1v) is 7.35. The highest BCUT2D eigenvalue weighted by Crippen LogP contribution is 2.20. The first kappa shape index (κ1) is 23.0. The second-order valence-corrected chi connectivity index (χ2v) is 6.46. The van der Waals surface area contributed by atoms with Gasteiger partial charge in [0, 0.05) is 23.1 Å². The second-order valence-electron chi connectivity index (χ2n) is 6.02. The lowest BCUT2D eigenvalue weighted by molar-refractivity contribution is -0.192. The van der Waals surface area contributed by atoms with Crippen molar-refractivity contribution >= 4 is 23.7 Å². The number of hydrogen-bond donors (Lipinski definition) is 3. The molecule has 0 heterocycles. The van der Waals surface area contributed by atoms with Crippen molar-refractivity contribution < 1.29 is 33.0 Å². The third-order valence-corrected chi connectivity index (χ3v) is 3.21. The third kappa shape index (κ3) is 8.59. The first-order valence-electron chi connectivity index (χ1n) is 6.98. The summed E-state index contributed by atoms with van der Waals surface area (Å²) in [5.41, 5.74) is 6.43. The van der Waals surface area contributed by atoms with Crippen LogP contribution in [-0.2, 0) is 4.79 Å². The Morgan fingerprint density at radius 2 is 1.56 bits per heavy atom. The molecule has 1 atom stereocenters. The Kier molecular flexibility index (Phi) is 8.20. The molecule has 1 rings (SSSR count). The maximum absolute atomic E-state index is 11.2. The lowest BCUT2D eigenvalue weighted by atomic mass is 10.0. The van der Waals surface area contributed by atoms with Gasteiger partial charge in [-0.1, -0.05) is 23.7 Å². The van der Waals surface area contributed by atoms with Crippen LogP contribution in [0.4, 0.5) is 18.0 Å². The van der Waals surface area contributed by atoms with Gasteiger partial charge in [-0.25, -0.2) is 9.59 Å². The number of alkyl halides is 3. The van der Waals surface area contributed by atoms with Crippen molar-refractivity contribution in [1.82, 2.24) is 4.90 Å². The monoisotopic (exact) mass is 384 g/mol. The minimum atomic E-state index is -5.08. The predicted molar refractivity (Wildman–Crippen MR) is 86.6 cm³/mol. The molecule has 0 bridgehead atoms. The van der Waals surface area contributed by atoms with Gasteiger partial charge in [0.25, 0.3) is 0 Å². The predicted octanol–water partition coefficient (Wildman–Crippen LogP) is 3.75. The van der Waals surface area contributed by atoms with Crippen LogP contribution in [0.3, 0.4) is 0 Å². The molecule has 1 unspecified atom stereocenters. The van der Waals surface area contributed by atoms with Crippen molar-refractivity contribution in [3.05, 3.63) is 34.9 Å². The maximum atomic E-state index is 11.2. The summed E-state index contributed by atoms with van der Waals surface area (Å²) in [7, 11) is 0. The molecule has 0 aliphatic heterocycles. The molecular formula is C15H20ClF3N2O4. The summed E-state index contributed by atoms with van der Waals surface area (Å²) in [5, 5.41) is 17.0. The molecule has 6 nitrogen and oxygen atoms in total. The van der Waals surface area contributed by atoms with E-state index in [1.54, 1.807) is 12.1 Å². The molecule has 1 amide bonds. The molecule has 0 aliphatic rings. The van der Waals surface area contributed by atoms with Gasteiger partial charge in [-0.3, -0.25) is 0 Å². The van der Waals surface area contributed by atoms with E-state index >= 15 is 0 Å². The van der Waals surface area contributed by atoms with E-state index < -0.39 is 23.8 Å². The third-order valence-electron chi connectivity index (χ3n) is 2.96. The molecule has 10 heteroatoms. The number of amides is 1. The number of nitrogens with two attached hydrogens (primary N) is 1. The molecular weight excluding hydrogens is 365 g/mol. The van der Waals surface area contributed by atoms with Crippen molar-refractivity contribution in [2.75, 3.05) is 6.54 Å². The smallest absolute Gasteiger partial charge is 0.475 e. The fraction of sp³-hybridized carbons (Fsp3) is 0.467. The molecule has 0 aliphatic carbocycles. The van der Waals surface area contributed by atoms with E-state index in [0.717, 1.165) is 5.56 Å². The summed E-state index contributed by atoms with van der Waals surface area (Å²) in [6.45, 7) is 5.78. The molecule has 142 valence electrons. The molecule has 0 aromatic heterocycles. The van der Waals surface area contributed by atoms with Crippen LogP contribution in [0.5, 0.6) is 0 Å². The van der Waals surface area contributed by atoms with Crippen LogP contribution in [0, 0.1) is 0 Å². The van der Waals surface area contributed by atoms with Gasteiger partial charge in [-0.15, -0.1) is 0 Å².